The quantitative estimate of drug-likeness (QED) is 0.700. The molecular weight excluding hydrogens is 250 g/mol. The number of carboxylic acids is 1. The Kier molecular flexibility index (Phi) is 7.31. The maximum Gasteiger partial charge on any atom is 0.335 e. The summed E-state index contributed by atoms with van der Waals surface area (Å²) in [6, 6.07) is 7.38. The first-order chi connectivity index (χ1) is 9.54. The van der Waals surface area contributed by atoms with Crippen LogP contribution < -0.4 is 0 Å². The first-order valence-corrected chi connectivity index (χ1v) is 7.50. The summed E-state index contributed by atoms with van der Waals surface area (Å²) >= 11 is 0. The molecule has 1 aromatic rings. The second-order valence-corrected chi connectivity index (χ2v) is 5.74. The number of aromatic carboxylic acids is 1. The molecule has 0 heterocycles. The summed E-state index contributed by atoms with van der Waals surface area (Å²) in [6.45, 7) is 3.32. The largest absolute Gasteiger partial charge is 0.478 e. The second-order valence-electron chi connectivity index (χ2n) is 5.74. The summed E-state index contributed by atoms with van der Waals surface area (Å²) in [4.78, 5) is 13.4. The highest BCUT2D eigenvalue weighted by molar-refractivity contribution is 5.89. The maximum atomic E-state index is 11.2. The van der Waals surface area contributed by atoms with E-state index in [9.17, 15) is 9.90 Å². The molecule has 3 heteroatoms. The van der Waals surface area contributed by atoms with Crippen LogP contribution in [0.3, 0.4) is 0 Å². The van der Waals surface area contributed by atoms with Crippen LogP contribution in [0.15, 0.2) is 24.3 Å². The van der Waals surface area contributed by atoms with Crippen molar-refractivity contribution in [3.63, 3.8) is 0 Å². The van der Waals surface area contributed by atoms with Gasteiger partial charge in [-0.2, -0.15) is 0 Å². The zero-order valence-electron chi connectivity index (χ0n) is 12.9. The van der Waals surface area contributed by atoms with Gasteiger partial charge in [0.25, 0.3) is 0 Å². The average molecular weight is 277 g/mol. The Morgan fingerprint density at radius 2 is 1.95 bits per heavy atom. The van der Waals surface area contributed by atoms with Gasteiger partial charge < -0.3 is 10.0 Å². The van der Waals surface area contributed by atoms with Crippen LogP contribution in [0.4, 0.5) is 0 Å². The molecule has 0 aliphatic rings. The van der Waals surface area contributed by atoms with Gasteiger partial charge in [-0.1, -0.05) is 44.4 Å². The fraction of sp³-hybridized carbons (Fsp3) is 0.588. The van der Waals surface area contributed by atoms with Gasteiger partial charge >= 0.3 is 5.97 Å². The number of hydrogen-bond acceptors (Lipinski definition) is 2. The molecule has 0 aliphatic heterocycles. The van der Waals surface area contributed by atoms with Gasteiger partial charge in [0.05, 0.1) is 5.56 Å². The summed E-state index contributed by atoms with van der Waals surface area (Å²) in [6.07, 6.45) is 5.59. The minimum Gasteiger partial charge on any atom is -0.478 e. The fourth-order valence-electron chi connectivity index (χ4n) is 2.53. The number of benzene rings is 1. The van der Waals surface area contributed by atoms with Crippen LogP contribution in [0.1, 0.15) is 48.5 Å². The lowest BCUT2D eigenvalue weighted by Gasteiger charge is -2.17. The minimum atomic E-state index is -0.817. The predicted octanol–water partition coefficient (Wildman–Crippen LogP) is 3.69. The van der Waals surface area contributed by atoms with E-state index in [0.29, 0.717) is 11.5 Å². The van der Waals surface area contributed by atoms with Gasteiger partial charge in [-0.05, 0) is 51.0 Å². The summed E-state index contributed by atoms with van der Waals surface area (Å²) in [5.41, 5.74) is 1.43. The van der Waals surface area contributed by atoms with E-state index >= 15 is 0 Å². The topological polar surface area (TPSA) is 40.5 Å². The molecule has 0 saturated carbocycles. The van der Waals surface area contributed by atoms with Crippen LogP contribution in [0.25, 0.3) is 0 Å². The van der Waals surface area contributed by atoms with Crippen molar-refractivity contribution in [2.24, 2.45) is 5.92 Å². The van der Waals surface area contributed by atoms with E-state index in [4.69, 9.17) is 0 Å². The van der Waals surface area contributed by atoms with Gasteiger partial charge in [0.15, 0.2) is 0 Å². The van der Waals surface area contributed by atoms with Crippen molar-refractivity contribution < 1.29 is 9.90 Å². The van der Waals surface area contributed by atoms with Crippen molar-refractivity contribution in [3.8, 4) is 0 Å². The number of rotatable bonds is 9. The summed E-state index contributed by atoms with van der Waals surface area (Å²) < 4.78 is 0. The van der Waals surface area contributed by atoms with Crippen LogP contribution in [0, 0.1) is 5.92 Å². The molecule has 3 nitrogen and oxygen atoms in total. The number of unbranched alkanes of at least 4 members (excludes halogenated alkanes) is 1. The van der Waals surface area contributed by atoms with Gasteiger partial charge in [-0.3, -0.25) is 0 Å². The maximum absolute atomic E-state index is 11.2. The molecule has 0 spiro atoms. The van der Waals surface area contributed by atoms with Crippen molar-refractivity contribution in [2.75, 3.05) is 20.6 Å². The molecule has 1 aromatic carbocycles. The molecule has 20 heavy (non-hydrogen) atoms. The standard InChI is InChI=1S/C17H27NO2/c1-4-14(9-7-8-12-18(2)3)13-15-10-5-6-11-16(15)17(19)20/h5-6,10-11,14H,4,7-9,12-13H2,1-3H3,(H,19,20). The molecule has 0 radical (unpaired) electrons. The lowest BCUT2D eigenvalue weighted by Crippen LogP contribution is -2.14. The van der Waals surface area contributed by atoms with Crippen LogP contribution in [-0.2, 0) is 6.42 Å². The van der Waals surface area contributed by atoms with E-state index in [1.54, 1.807) is 12.1 Å². The van der Waals surface area contributed by atoms with E-state index in [-0.39, 0.29) is 0 Å². The molecule has 112 valence electrons. The fourth-order valence-corrected chi connectivity index (χ4v) is 2.53. The van der Waals surface area contributed by atoms with Crippen molar-refractivity contribution in [3.05, 3.63) is 35.4 Å². The average Bonchev–Trinajstić information content (AvgIpc) is 2.42. The van der Waals surface area contributed by atoms with Crippen molar-refractivity contribution in [1.82, 2.24) is 4.90 Å². The molecule has 1 rings (SSSR count). The zero-order valence-corrected chi connectivity index (χ0v) is 12.9. The minimum absolute atomic E-state index is 0.458. The molecule has 0 bridgehead atoms. The zero-order chi connectivity index (χ0) is 15.0. The summed E-state index contributed by atoms with van der Waals surface area (Å²) in [5.74, 6) is -0.235. The Bertz CT molecular complexity index is 415. The first kappa shape index (κ1) is 16.7. The lowest BCUT2D eigenvalue weighted by atomic mass is 9.90. The van der Waals surface area contributed by atoms with E-state index < -0.39 is 5.97 Å². The number of carbonyl (C=O) groups is 1. The number of nitrogens with zero attached hydrogens (tertiary/aromatic N) is 1. The molecular formula is C17H27NO2. The van der Waals surface area contributed by atoms with Crippen molar-refractivity contribution in [2.45, 2.75) is 39.0 Å². The van der Waals surface area contributed by atoms with Crippen LogP contribution in [0.2, 0.25) is 0 Å². The Labute approximate surface area is 122 Å². The SMILES string of the molecule is CCC(CCCCN(C)C)Cc1ccccc1C(=O)O. The second kappa shape index (κ2) is 8.75. The molecule has 0 fully saturated rings. The van der Waals surface area contributed by atoms with E-state index in [1.165, 1.54) is 19.3 Å². The number of hydrogen-bond donors (Lipinski definition) is 1. The third-order valence-corrected chi connectivity index (χ3v) is 3.80. The Hall–Kier alpha value is -1.35. The first-order valence-electron chi connectivity index (χ1n) is 7.50. The monoisotopic (exact) mass is 277 g/mol. The van der Waals surface area contributed by atoms with E-state index in [2.05, 4.69) is 25.9 Å². The van der Waals surface area contributed by atoms with Gasteiger partial charge in [-0.25, -0.2) is 4.79 Å². The Morgan fingerprint density at radius 3 is 2.55 bits per heavy atom. The predicted molar refractivity (Wildman–Crippen MR) is 83.3 cm³/mol. The third kappa shape index (κ3) is 5.74. The lowest BCUT2D eigenvalue weighted by molar-refractivity contribution is 0.0695. The van der Waals surface area contributed by atoms with E-state index in [1.807, 2.05) is 12.1 Å². The smallest absolute Gasteiger partial charge is 0.335 e. The Morgan fingerprint density at radius 1 is 1.25 bits per heavy atom. The molecule has 0 amide bonds. The highest BCUT2D eigenvalue weighted by Gasteiger charge is 2.13. The molecule has 1 N–H and O–H groups in total. The van der Waals surface area contributed by atoms with E-state index in [0.717, 1.165) is 24.9 Å². The van der Waals surface area contributed by atoms with Gasteiger partial charge in [0.2, 0.25) is 0 Å². The molecule has 0 aliphatic carbocycles. The third-order valence-electron chi connectivity index (χ3n) is 3.80. The molecule has 0 aromatic heterocycles. The highest BCUT2D eigenvalue weighted by Crippen LogP contribution is 2.21. The van der Waals surface area contributed by atoms with Crippen LogP contribution >= 0.6 is 0 Å². The van der Waals surface area contributed by atoms with Crippen molar-refractivity contribution >= 4 is 5.97 Å². The summed E-state index contributed by atoms with van der Waals surface area (Å²) in [7, 11) is 4.20. The normalized spacial score (nSPS) is 12.6. The molecule has 1 atom stereocenters. The van der Waals surface area contributed by atoms with Crippen LogP contribution in [0.5, 0.6) is 0 Å². The molecule has 1 unspecified atom stereocenters. The Balaban J connectivity index is 2.53. The molecule has 0 saturated heterocycles. The van der Waals surface area contributed by atoms with Gasteiger partial charge in [0.1, 0.15) is 0 Å². The van der Waals surface area contributed by atoms with Gasteiger partial charge in [0, 0.05) is 0 Å². The number of carboxylic acid groups (broad SMARTS) is 1. The summed E-state index contributed by atoms with van der Waals surface area (Å²) in [5, 5.41) is 9.22. The highest BCUT2D eigenvalue weighted by atomic mass is 16.4. The van der Waals surface area contributed by atoms with Gasteiger partial charge in [-0.15, -0.1) is 0 Å². The van der Waals surface area contributed by atoms with Crippen LogP contribution in [-0.4, -0.2) is 36.6 Å². The van der Waals surface area contributed by atoms with Crippen molar-refractivity contribution in [1.29, 1.82) is 0 Å².